The molecule has 0 unspecified atom stereocenters. The average molecular weight is 366 g/mol. The second kappa shape index (κ2) is 10.1. The molecule has 2 rings (SSSR count). The molecular formula is C16H27N7OS. The highest BCUT2D eigenvalue weighted by atomic mass is 32.1. The van der Waals surface area contributed by atoms with E-state index in [0.717, 1.165) is 55.2 Å². The van der Waals surface area contributed by atoms with E-state index >= 15 is 0 Å². The molecule has 8 nitrogen and oxygen atoms in total. The van der Waals surface area contributed by atoms with Crippen molar-refractivity contribution in [2.24, 2.45) is 12.0 Å². The Labute approximate surface area is 153 Å². The van der Waals surface area contributed by atoms with Gasteiger partial charge in [0, 0.05) is 58.9 Å². The molecule has 0 atom stereocenters. The molecule has 2 aromatic rings. The Morgan fingerprint density at radius 2 is 2.28 bits per heavy atom. The number of hydrogen-bond donors (Lipinski definition) is 1. The summed E-state index contributed by atoms with van der Waals surface area (Å²) in [7, 11) is 5.71. The first-order valence-electron chi connectivity index (χ1n) is 8.33. The van der Waals surface area contributed by atoms with Crippen LogP contribution in [-0.4, -0.2) is 64.5 Å². The zero-order chi connectivity index (χ0) is 18.1. The standard InChI is InChI=1S/C16H27N7OS/c1-13-20-21-14(23(13)3)12-19-16(18-7-5-10-24-4)22(2)9-6-15-17-8-11-25-15/h8,11H,5-7,9-10,12H2,1-4H3,(H,18,19). The number of aryl methyl sites for hydroxylation is 1. The fourth-order valence-corrected chi connectivity index (χ4v) is 2.82. The number of hydrogen-bond acceptors (Lipinski definition) is 6. The third-order valence-electron chi connectivity index (χ3n) is 3.87. The summed E-state index contributed by atoms with van der Waals surface area (Å²) in [5.41, 5.74) is 0. The lowest BCUT2D eigenvalue weighted by Gasteiger charge is -2.22. The van der Waals surface area contributed by atoms with Crippen LogP contribution in [0.5, 0.6) is 0 Å². The van der Waals surface area contributed by atoms with E-state index in [2.05, 4.69) is 25.4 Å². The number of aromatic nitrogens is 4. The van der Waals surface area contributed by atoms with Gasteiger partial charge in [0.15, 0.2) is 11.8 Å². The summed E-state index contributed by atoms with van der Waals surface area (Å²) in [6.07, 6.45) is 3.67. The van der Waals surface area contributed by atoms with Crippen molar-refractivity contribution in [3.63, 3.8) is 0 Å². The van der Waals surface area contributed by atoms with Crippen molar-refractivity contribution in [2.75, 3.05) is 33.9 Å². The number of nitrogens with one attached hydrogen (secondary N) is 1. The molecule has 9 heteroatoms. The number of guanidine groups is 1. The minimum atomic E-state index is 0.492. The first-order valence-corrected chi connectivity index (χ1v) is 9.21. The van der Waals surface area contributed by atoms with E-state index in [1.165, 1.54) is 0 Å². The van der Waals surface area contributed by atoms with Crippen LogP contribution in [0.2, 0.25) is 0 Å². The highest BCUT2D eigenvalue weighted by molar-refractivity contribution is 7.09. The summed E-state index contributed by atoms with van der Waals surface area (Å²) in [4.78, 5) is 11.2. The number of methoxy groups -OCH3 is 1. The van der Waals surface area contributed by atoms with Gasteiger partial charge in [-0.3, -0.25) is 0 Å². The fraction of sp³-hybridized carbons (Fsp3) is 0.625. The number of aliphatic imine (C=N–C) groups is 1. The molecule has 0 saturated heterocycles. The maximum Gasteiger partial charge on any atom is 0.194 e. The van der Waals surface area contributed by atoms with Crippen LogP contribution in [0, 0.1) is 6.92 Å². The van der Waals surface area contributed by atoms with Crippen LogP contribution in [0.15, 0.2) is 16.6 Å². The Morgan fingerprint density at radius 3 is 2.92 bits per heavy atom. The van der Waals surface area contributed by atoms with Crippen molar-refractivity contribution in [1.29, 1.82) is 0 Å². The van der Waals surface area contributed by atoms with Crippen molar-refractivity contribution >= 4 is 17.3 Å². The molecule has 25 heavy (non-hydrogen) atoms. The lowest BCUT2D eigenvalue weighted by Crippen LogP contribution is -2.40. The SMILES string of the molecule is COCCCNC(=NCc1nnc(C)n1C)N(C)CCc1nccs1. The van der Waals surface area contributed by atoms with Gasteiger partial charge in [0.2, 0.25) is 0 Å². The molecule has 0 fully saturated rings. The second-order valence-corrected chi connectivity index (χ2v) is 6.71. The van der Waals surface area contributed by atoms with Gasteiger partial charge >= 0.3 is 0 Å². The highest BCUT2D eigenvalue weighted by Gasteiger charge is 2.09. The highest BCUT2D eigenvalue weighted by Crippen LogP contribution is 2.06. The number of likely N-dealkylation sites (N-methyl/N-ethyl adjacent to an activating group) is 1. The van der Waals surface area contributed by atoms with E-state index in [9.17, 15) is 0 Å². The maximum atomic E-state index is 5.11. The molecule has 0 aromatic carbocycles. The van der Waals surface area contributed by atoms with Crippen molar-refractivity contribution in [3.05, 3.63) is 28.2 Å². The third-order valence-corrected chi connectivity index (χ3v) is 4.71. The number of thiazole rings is 1. The minimum Gasteiger partial charge on any atom is -0.385 e. The Hall–Kier alpha value is -2.00. The molecule has 0 amide bonds. The molecule has 0 spiro atoms. The van der Waals surface area contributed by atoms with Gasteiger partial charge in [-0.1, -0.05) is 0 Å². The molecule has 0 aliphatic rings. The van der Waals surface area contributed by atoms with Gasteiger partial charge in [0.25, 0.3) is 0 Å². The van der Waals surface area contributed by atoms with Crippen LogP contribution in [0.25, 0.3) is 0 Å². The monoisotopic (exact) mass is 365 g/mol. The lowest BCUT2D eigenvalue weighted by molar-refractivity contribution is 0.195. The predicted octanol–water partition coefficient (Wildman–Crippen LogP) is 1.24. The van der Waals surface area contributed by atoms with Gasteiger partial charge in [-0.15, -0.1) is 21.5 Å². The van der Waals surface area contributed by atoms with E-state index in [1.54, 1.807) is 18.4 Å². The van der Waals surface area contributed by atoms with Crippen LogP contribution in [0.1, 0.15) is 23.1 Å². The molecule has 0 aliphatic carbocycles. The van der Waals surface area contributed by atoms with Crippen LogP contribution in [0.3, 0.4) is 0 Å². The van der Waals surface area contributed by atoms with E-state index in [0.29, 0.717) is 6.54 Å². The maximum absolute atomic E-state index is 5.11. The van der Waals surface area contributed by atoms with Crippen LogP contribution < -0.4 is 5.32 Å². The Morgan fingerprint density at radius 1 is 1.44 bits per heavy atom. The summed E-state index contributed by atoms with van der Waals surface area (Å²) in [6, 6.07) is 0. The van der Waals surface area contributed by atoms with Gasteiger partial charge < -0.3 is 19.5 Å². The quantitative estimate of drug-likeness (QED) is 0.409. The topological polar surface area (TPSA) is 80.5 Å². The van der Waals surface area contributed by atoms with E-state index in [-0.39, 0.29) is 0 Å². The zero-order valence-electron chi connectivity index (χ0n) is 15.4. The smallest absolute Gasteiger partial charge is 0.194 e. The molecule has 0 saturated carbocycles. The normalized spacial score (nSPS) is 11.8. The summed E-state index contributed by atoms with van der Waals surface area (Å²) in [5, 5.41) is 14.8. The van der Waals surface area contributed by atoms with Gasteiger partial charge in [0.05, 0.1) is 5.01 Å². The zero-order valence-corrected chi connectivity index (χ0v) is 16.2. The number of ether oxygens (including phenoxy) is 1. The second-order valence-electron chi connectivity index (χ2n) is 5.73. The molecule has 138 valence electrons. The number of rotatable bonds is 9. The number of nitrogens with zero attached hydrogens (tertiary/aromatic N) is 6. The molecule has 2 aromatic heterocycles. The molecule has 1 N–H and O–H groups in total. The van der Waals surface area contributed by atoms with Gasteiger partial charge in [-0.25, -0.2) is 9.98 Å². The van der Waals surface area contributed by atoms with Crippen LogP contribution in [0.4, 0.5) is 0 Å². The Kier molecular flexibility index (Phi) is 7.80. The van der Waals surface area contributed by atoms with E-state index in [4.69, 9.17) is 9.73 Å². The summed E-state index contributed by atoms with van der Waals surface area (Å²) in [5.74, 6) is 2.59. The Bertz CT molecular complexity index is 653. The van der Waals surface area contributed by atoms with E-state index < -0.39 is 0 Å². The molecule has 0 aliphatic heterocycles. The first kappa shape index (κ1) is 19.3. The minimum absolute atomic E-state index is 0.492. The summed E-state index contributed by atoms with van der Waals surface area (Å²) < 4.78 is 7.07. The van der Waals surface area contributed by atoms with Gasteiger partial charge in [0.1, 0.15) is 12.4 Å². The van der Waals surface area contributed by atoms with Crippen molar-refractivity contribution in [2.45, 2.75) is 26.3 Å². The fourth-order valence-electron chi connectivity index (χ4n) is 2.21. The van der Waals surface area contributed by atoms with Crippen LogP contribution >= 0.6 is 11.3 Å². The van der Waals surface area contributed by atoms with Crippen LogP contribution in [-0.2, 0) is 24.8 Å². The first-order chi connectivity index (χ1) is 12.1. The average Bonchev–Trinajstić information content (AvgIpc) is 3.24. The molecule has 0 bridgehead atoms. The molecule has 0 radical (unpaired) electrons. The largest absolute Gasteiger partial charge is 0.385 e. The van der Waals surface area contributed by atoms with Gasteiger partial charge in [-0.2, -0.15) is 0 Å². The van der Waals surface area contributed by atoms with Crippen molar-refractivity contribution < 1.29 is 4.74 Å². The van der Waals surface area contributed by atoms with E-state index in [1.807, 2.05) is 37.2 Å². The predicted molar refractivity (Wildman–Crippen MR) is 99.8 cm³/mol. The van der Waals surface area contributed by atoms with Crippen molar-refractivity contribution in [1.82, 2.24) is 30.0 Å². The molecular weight excluding hydrogens is 338 g/mol. The summed E-state index contributed by atoms with van der Waals surface area (Å²) >= 11 is 1.68. The Balaban J connectivity index is 1.97. The van der Waals surface area contributed by atoms with Gasteiger partial charge in [-0.05, 0) is 13.3 Å². The molecule has 2 heterocycles. The van der Waals surface area contributed by atoms with Crippen molar-refractivity contribution in [3.8, 4) is 0 Å². The third kappa shape index (κ3) is 6.09. The lowest BCUT2D eigenvalue weighted by atomic mass is 10.4. The summed E-state index contributed by atoms with van der Waals surface area (Å²) in [6.45, 7) is 4.81.